The topological polar surface area (TPSA) is 39.8 Å². The molecular weight excluding hydrogens is 403 g/mol. The minimum Gasteiger partial charge on any atom is 0 e. The molecule has 1 aliphatic rings. The maximum atomic E-state index is 7.50. The van der Waals surface area contributed by atoms with E-state index in [0.717, 1.165) is 0 Å². The van der Waals surface area contributed by atoms with Crippen LogP contribution in [-0.2, 0) is 26.4 Å². The van der Waals surface area contributed by atoms with Crippen LogP contribution in [0, 0.1) is 42.9 Å². The molecule has 0 aliphatic heterocycles. The molecule has 0 unspecified atom stereocenters. The van der Waals surface area contributed by atoms with Gasteiger partial charge in [0.1, 0.15) is 0 Å². The molecule has 0 heterocycles. The van der Waals surface area contributed by atoms with Crippen molar-refractivity contribution in [3.8, 4) is 0 Å². The van der Waals surface area contributed by atoms with Crippen LogP contribution in [0.25, 0.3) is 0 Å². The van der Waals surface area contributed by atoms with Crippen molar-refractivity contribution < 1.29 is 26.4 Å². The summed E-state index contributed by atoms with van der Waals surface area (Å²) in [6, 6.07) is 0. The molecule has 6 radical (unpaired) electrons. The van der Waals surface area contributed by atoms with Crippen LogP contribution >= 0.6 is 31.5 Å². The van der Waals surface area contributed by atoms with Crippen molar-refractivity contribution in [1.29, 1.82) is 0 Å². The molecule has 1 fully saturated rings. The van der Waals surface area contributed by atoms with Gasteiger partial charge in [-0.1, -0.05) is 34.6 Å². The molecule has 0 N–H and O–H groups in total. The van der Waals surface area contributed by atoms with Crippen molar-refractivity contribution in [1.82, 2.24) is 0 Å². The molecule has 0 saturated heterocycles. The standard InChI is InChI=1S/C10H15.2CO.BBr2.Fe/c1-6-7(2)9(4)10(5)8(6)3;2*1-2;2-1-3;/h1-5H3;;;;. The van der Waals surface area contributed by atoms with Crippen molar-refractivity contribution >= 4 is 36.4 Å². The average Bonchev–Trinajstić information content (AvgIpc) is 2.54. The van der Waals surface area contributed by atoms with Crippen molar-refractivity contribution in [3.05, 3.63) is 42.9 Å². The predicted octanol–water partition coefficient (Wildman–Crippen LogP) is 4.20. The number of hydrogen-bond donors (Lipinski definition) is 0. The van der Waals surface area contributed by atoms with Gasteiger partial charge in [-0.05, 0) is 29.6 Å². The number of rotatable bonds is 0. The third-order valence-corrected chi connectivity index (χ3v) is 2.81. The van der Waals surface area contributed by atoms with Crippen molar-refractivity contribution in [2.45, 2.75) is 34.6 Å². The van der Waals surface area contributed by atoms with Gasteiger partial charge in [0.15, 0.2) is 0 Å². The van der Waals surface area contributed by atoms with E-state index in [1.54, 1.807) is 4.93 Å². The Hall–Kier alpha value is 1.02. The van der Waals surface area contributed by atoms with E-state index in [9.17, 15) is 0 Å². The normalized spacial score (nSPS) is 16.8. The van der Waals surface area contributed by atoms with E-state index < -0.39 is 0 Å². The Morgan fingerprint density at radius 3 is 0.778 bits per heavy atom. The molecular formula is C12H15BBr2FeO2. The summed E-state index contributed by atoms with van der Waals surface area (Å²) in [6.45, 7) is 20.0. The first-order chi connectivity index (χ1) is 7.97. The van der Waals surface area contributed by atoms with Gasteiger partial charge >= 0.3 is 22.6 Å². The second-order valence-electron chi connectivity index (χ2n) is 3.21. The number of hydrogen-bond acceptors (Lipinski definition) is 0. The Kier molecular flexibility index (Phi) is 27.4. The molecule has 0 aromatic heterocycles. The van der Waals surface area contributed by atoms with Gasteiger partial charge in [0.2, 0.25) is 0 Å². The van der Waals surface area contributed by atoms with Gasteiger partial charge in [0.25, 0.3) is 4.93 Å². The molecule has 0 aromatic rings. The van der Waals surface area contributed by atoms with Gasteiger partial charge < -0.3 is 0 Å². The summed E-state index contributed by atoms with van der Waals surface area (Å²) < 4.78 is 15.0. The van der Waals surface area contributed by atoms with E-state index in [4.69, 9.17) is 9.30 Å². The molecule has 1 aliphatic carbocycles. The van der Waals surface area contributed by atoms with E-state index in [-0.39, 0.29) is 17.1 Å². The molecule has 6 heteroatoms. The van der Waals surface area contributed by atoms with Crippen LogP contribution in [0.2, 0.25) is 0 Å². The summed E-state index contributed by atoms with van der Waals surface area (Å²) in [5.41, 5.74) is 0. The zero-order chi connectivity index (χ0) is 14.6. The SMILES string of the molecule is Br[B]Br.C[C]1[C](C)[C](C)[C](C)[C]1C.[C-]#[O+].[C-]#[O+].[Fe]. The first-order valence-electron chi connectivity index (χ1n) is 4.59. The van der Waals surface area contributed by atoms with Crippen molar-refractivity contribution in [2.24, 2.45) is 0 Å². The minimum absolute atomic E-state index is 0. The Morgan fingerprint density at radius 2 is 0.722 bits per heavy atom. The van der Waals surface area contributed by atoms with Gasteiger partial charge in [-0.15, -0.1) is 31.5 Å². The second kappa shape index (κ2) is 18.0. The quantitative estimate of drug-likeness (QED) is 0.322. The van der Waals surface area contributed by atoms with Gasteiger partial charge in [-0.25, -0.2) is 0 Å². The molecule has 100 valence electrons. The zero-order valence-electron chi connectivity index (χ0n) is 11.0. The first kappa shape index (κ1) is 27.4. The maximum Gasteiger partial charge on any atom is 0 e. The monoisotopic (exact) mass is 416 g/mol. The summed E-state index contributed by atoms with van der Waals surface area (Å²) in [5.74, 6) is 7.34. The molecule has 18 heavy (non-hydrogen) atoms. The largest absolute Gasteiger partial charge is 0 e. The third-order valence-electron chi connectivity index (χ3n) is 2.81. The van der Waals surface area contributed by atoms with Gasteiger partial charge in [0.05, 0.1) is 0 Å². The Morgan fingerprint density at radius 1 is 0.667 bits per heavy atom. The van der Waals surface area contributed by atoms with Crippen LogP contribution in [0.5, 0.6) is 0 Å². The summed E-state index contributed by atoms with van der Waals surface area (Å²) in [7, 11) is 0. The van der Waals surface area contributed by atoms with Crippen LogP contribution < -0.4 is 0 Å². The van der Waals surface area contributed by atoms with E-state index in [1.165, 1.54) is 29.6 Å². The summed E-state index contributed by atoms with van der Waals surface area (Å²) in [4.78, 5) is 1.62. The Bertz CT molecular complexity index is 164. The fourth-order valence-corrected chi connectivity index (χ4v) is 1.41. The minimum atomic E-state index is 0. The van der Waals surface area contributed by atoms with Crippen LogP contribution in [-0.4, -0.2) is 4.93 Å². The summed E-state index contributed by atoms with van der Waals surface area (Å²) in [6.07, 6.45) is 0. The van der Waals surface area contributed by atoms with Crippen LogP contribution in [0.1, 0.15) is 34.6 Å². The third kappa shape index (κ3) is 9.89. The average molecular weight is 418 g/mol. The van der Waals surface area contributed by atoms with Gasteiger partial charge in [-0.3, -0.25) is 0 Å². The second-order valence-corrected chi connectivity index (χ2v) is 5.35. The molecule has 0 bridgehead atoms. The molecule has 2 nitrogen and oxygen atoms in total. The maximum absolute atomic E-state index is 7.50. The molecule has 0 aromatic carbocycles. The Balaban J connectivity index is -0.000000106. The molecule has 0 spiro atoms. The van der Waals surface area contributed by atoms with Gasteiger partial charge in [0, 0.05) is 17.1 Å². The van der Waals surface area contributed by atoms with E-state index in [0.29, 0.717) is 0 Å². The summed E-state index contributed by atoms with van der Waals surface area (Å²) in [5, 5.41) is 0. The van der Waals surface area contributed by atoms with E-state index in [2.05, 4.69) is 79.4 Å². The summed E-state index contributed by atoms with van der Waals surface area (Å²) >= 11 is 5.88. The molecule has 0 atom stereocenters. The predicted molar refractivity (Wildman–Crippen MR) is 76.1 cm³/mol. The Labute approximate surface area is 140 Å². The van der Waals surface area contributed by atoms with Crippen molar-refractivity contribution in [2.75, 3.05) is 0 Å². The van der Waals surface area contributed by atoms with Crippen molar-refractivity contribution in [3.63, 3.8) is 0 Å². The zero-order valence-corrected chi connectivity index (χ0v) is 15.3. The van der Waals surface area contributed by atoms with E-state index >= 15 is 0 Å². The number of halogens is 2. The smallest absolute Gasteiger partial charge is 0 e. The van der Waals surface area contributed by atoms with Crippen LogP contribution in [0.3, 0.4) is 0 Å². The first-order valence-corrected chi connectivity index (χ1v) is 6.43. The van der Waals surface area contributed by atoms with Crippen LogP contribution in [0.15, 0.2) is 0 Å². The fraction of sp³-hybridized carbons (Fsp3) is 0.417. The molecule has 1 saturated carbocycles. The van der Waals surface area contributed by atoms with E-state index in [1.807, 2.05) is 0 Å². The molecule has 1 rings (SSSR count). The van der Waals surface area contributed by atoms with Crippen LogP contribution in [0.4, 0.5) is 0 Å². The fourth-order valence-electron chi connectivity index (χ4n) is 1.41. The molecule has 0 amide bonds. The van der Waals surface area contributed by atoms with Gasteiger partial charge in [-0.2, -0.15) is 0 Å².